The molecule has 2 aromatic carbocycles. The van der Waals surface area contributed by atoms with Crippen molar-refractivity contribution in [1.29, 1.82) is 0 Å². The van der Waals surface area contributed by atoms with Crippen molar-refractivity contribution in [2.24, 2.45) is 0 Å². The molecule has 1 aliphatic heterocycles. The molecule has 1 aromatic heterocycles. The molecule has 8 nitrogen and oxygen atoms in total. The van der Waals surface area contributed by atoms with Crippen molar-refractivity contribution in [3.8, 4) is 11.3 Å². The van der Waals surface area contributed by atoms with Gasteiger partial charge in [0.05, 0.1) is 18.0 Å². The molecule has 3 N–H and O–H groups in total. The van der Waals surface area contributed by atoms with Crippen LogP contribution in [0.15, 0.2) is 60.8 Å². The normalized spacial score (nSPS) is 13.6. The molecule has 30 heavy (non-hydrogen) atoms. The van der Waals surface area contributed by atoms with Crippen LogP contribution < -0.4 is 11.1 Å². The number of benzene rings is 2. The van der Waals surface area contributed by atoms with Gasteiger partial charge in [0.2, 0.25) is 0 Å². The molecule has 152 valence electrons. The molecule has 0 bridgehead atoms. The Kier molecular flexibility index (Phi) is 5.40. The van der Waals surface area contributed by atoms with E-state index in [9.17, 15) is 9.59 Å². The third kappa shape index (κ3) is 3.99. The molecule has 0 atom stereocenters. The molecule has 0 unspecified atom stereocenters. The minimum atomic E-state index is -0.452. The zero-order valence-electron chi connectivity index (χ0n) is 16.4. The molecule has 0 saturated carbocycles. The zero-order valence-corrected chi connectivity index (χ0v) is 16.4. The quantitative estimate of drug-likeness (QED) is 0.677. The van der Waals surface area contributed by atoms with Crippen LogP contribution in [0, 0.1) is 0 Å². The summed E-state index contributed by atoms with van der Waals surface area (Å²) in [5.41, 5.74) is 8.21. The van der Waals surface area contributed by atoms with Crippen LogP contribution in [0.5, 0.6) is 0 Å². The van der Waals surface area contributed by atoms with Gasteiger partial charge in [-0.1, -0.05) is 30.3 Å². The van der Waals surface area contributed by atoms with Crippen LogP contribution in [-0.2, 0) is 4.74 Å². The number of nitrogen functional groups attached to an aromatic ring is 1. The summed E-state index contributed by atoms with van der Waals surface area (Å²) in [6.07, 6.45) is 1.58. The predicted octanol–water partition coefficient (Wildman–Crippen LogP) is 2.45. The minimum Gasteiger partial charge on any atom is -0.382 e. The summed E-state index contributed by atoms with van der Waals surface area (Å²) in [5, 5.41) is 2.75. The van der Waals surface area contributed by atoms with Crippen LogP contribution in [0.3, 0.4) is 0 Å². The number of rotatable bonds is 5. The molecule has 2 heterocycles. The minimum absolute atomic E-state index is 0.0266. The SMILES string of the molecule is COC1CN(C(=O)c2cccc(-c3cnc(N)c(C(=O)Nc4ccccc4)n3)c2)C1. The highest BCUT2D eigenvalue weighted by molar-refractivity contribution is 6.06. The molecular weight excluding hydrogens is 382 g/mol. The smallest absolute Gasteiger partial charge is 0.278 e. The number of anilines is 2. The summed E-state index contributed by atoms with van der Waals surface area (Å²) in [5.74, 6) is -0.493. The first-order valence-corrected chi connectivity index (χ1v) is 9.46. The topological polar surface area (TPSA) is 110 Å². The predicted molar refractivity (Wildman–Crippen MR) is 113 cm³/mol. The van der Waals surface area contributed by atoms with Gasteiger partial charge in [-0.15, -0.1) is 0 Å². The molecule has 0 aliphatic carbocycles. The summed E-state index contributed by atoms with van der Waals surface area (Å²) >= 11 is 0. The molecule has 4 rings (SSSR count). The van der Waals surface area contributed by atoms with E-state index in [1.165, 1.54) is 6.20 Å². The third-order valence-corrected chi connectivity index (χ3v) is 4.92. The number of hydrogen-bond acceptors (Lipinski definition) is 6. The molecule has 1 saturated heterocycles. The maximum atomic E-state index is 12.7. The molecule has 3 aromatic rings. The molecular formula is C22H21N5O3. The highest BCUT2D eigenvalue weighted by Crippen LogP contribution is 2.23. The van der Waals surface area contributed by atoms with Crippen LogP contribution in [-0.4, -0.2) is 53.0 Å². The molecule has 1 aliphatic rings. The van der Waals surface area contributed by atoms with Gasteiger partial charge in [-0.25, -0.2) is 9.97 Å². The number of nitrogens with two attached hydrogens (primary N) is 1. The van der Waals surface area contributed by atoms with Crippen LogP contribution in [0.25, 0.3) is 11.3 Å². The van der Waals surface area contributed by atoms with Gasteiger partial charge in [0.1, 0.15) is 0 Å². The first-order valence-electron chi connectivity index (χ1n) is 9.46. The van der Waals surface area contributed by atoms with Crippen molar-refractivity contribution in [2.75, 3.05) is 31.2 Å². The summed E-state index contributed by atoms with van der Waals surface area (Å²) in [4.78, 5) is 35.5. The van der Waals surface area contributed by atoms with E-state index < -0.39 is 5.91 Å². The molecule has 0 radical (unpaired) electrons. The van der Waals surface area contributed by atoms with E-state index in [0.717, 1.165) is 0 Å². The Bertz CT molecular complexity index is 1080. The largest absolute Gasteiger partial charge is 0.382 e. The van der Waals surface area contributed by atoms with Crippen LogP contribution in [0.4, 0.5) is 11.5 Å². The first-order chi connectivity index (χ1) is 14.5. The summed E-state index contributed by atoms with van der Waals surface area (Å²) < 4.78 is 5.22. The van der Waals surface area contributed by atoms with Gasteiger partial charge in [0, 0.05) is 37.0 Å². The number of ether oxygens (including phenoxy) is 1. The number of nitrogens with zero attached hydrogens (tertiary/aromatic N) is 3. The Morgan fingerprint density at radius 1 is 1.13 bits per heavy atom. The number of carbonyl (C=O) groups excluding carboxylic acids is 2. The van der Waals surface area contributed by atoms with Gasteiger partial charge in [-0.05, 0) is 24.3 Å². The number of para-hydroxylation sites is 1. The second-order valence-electron chi connectivity index (χ2n) is 6.96. The average Bonchev–Trinajstić information content (AvgIpc) is 2.74. The fraction of sp³-hybridized carbons (Fsp3) is 0.182. The van der Waals surface area contributed by atoms with Gasteiger partial charge < -0.3 is 20.7 Å². The van der Waals surface area contributed by atoms with Crippen molar-refractivity contribution in [3.05, 3.63) is 72.1 Å². The lowest BCUT2D eigenvalue weighted by atomic mass is 10.0. The standard InChI is InChI=1S/C22H21N5O3/c1-30-17-12-27(13-17)22(29)15-7-5-6-14(10-15)18-11-24-20(23)19(26-18)21(28)25-16-8-3-2-4-9-16/h2-11,17H,12-13H2,1H3,(H2,23,24)(H,25,28). The highest BCUT2D eigenvalue weighted by atomic mass is 16.5. The summed E-state index contributed by atoms with van der Waals surface area (Å²) in [6.45, 7) is 1.15. The second kappa shape index (κ2) is 8.30. The lowest BCUT2D eigenvalue weighted by molar-refractivity contribution is -0.0191. The van der Waals surface area contributed by atoms with Crippen molar-refractivity contribution >= 4 is 23.3 Å². The van der Waals surface area contributed by atoms with E-state index in [0.29, 0.717) is 35.6 Å². The maximum absolute atomic E-state index is 12.7. The van der Waals surface area contributed by atoms with Gasteiger partial charge in [0.25, 0.3) is 11.8 Å². The van der Waals surface area contributed by atoms with Crippen molar-refractivity contribution in [2.45, 2.75) is 6.10 Å². The molecule has 0 spiro atoms. The summed E-state index contributed by atoms with van der Waals surface area (Å²) in [7, 11) is 1.64. The Morgan fingerprint density at radius 3 is 2.63 bits per heavy atom. The number of carbonyl (C=O) groups is 2. The first kappa shape index (κ1) is 19.5. The molecule has 8 heteroatoms. The molecule has 1 fully saturated rings. The molecule has 2 amide bonds. The summed E-state index contributed by atoms with van der Waals surface area (Å²) in [6, 6.07) is 16.1. The zero-order chi connectivity index (χ0) is 21.1. The van der Waals surface area contributed by atoms with Gasteiger partial charge in [-0.2, -0.15) is 0 Å². The number of likely N-dealkylation sites (tertiary alicyclic amines) is 1. The number of methoxy groups -OCH3 is 1. The van der Waals surface area contributed by atoms with E-state index >= 15 is 0 Å². The Labute approximate surface area is 173 Å². The lowest BCUT2D eigenvalue weighted by Gasteiger charge is -2.38. The van der Waals surface area contributed by atoms with Crippen molar-refractivity contribution in [3.63, 3.8) is 0 Å². The second-order valence-corrected chi connectivity index (χ2v) is 6.96. The third-order valence-electron chi connectivity index (χ3n) is 4.92. The van der Waals surface area contributed by atoms with Crippen LogP contribution in [0.2, 0.25) is 0 Å². The highest BCUT2D eigenvalue weighted by Gasteiger charge is 2.31. The van der Waals surface area contributed by atoms with E-state index in [2.05, 4.69) is 15.3 Å². The van der Waals surface area contributed by atoms with Crippen molar-refractivity contribution in [1.82, 2.24) is 14.9 Å². The van der Waals surface area contributed by atoms with E-state index in [-0.39, 0.29) is 23.5 Å². The number of hydrogen-bond donors (Lipinski definition) is 2. The Morgan fingerprint density at radius 2 is 1.90 bits per heavy atom. The van der Waals surface area contributed by atoms with Crippen molar-refractivity contribution < 1.29 is 14.3 Å². The van der Waals surface area contributed by atoms with Crippen LogP contribution in [0.1, 0.15) is 20.8 Å². The number of nitrogens with one attached hydrogen (secondary N) is 1. The van der Waals surface area contributed by atoms with Gasteiger partial charge in [-0.3, -0.25) is 9.59 Å². The van der Waals surface area contributed by atoms with Gasteiger partial charge >= 0.3 is 0 Å². The van der Waals surface area contributed by atoms with E-state index in [1.807, 2.05) is 24.3 Å². The van der Waals surface area contributed by atoms with Gasteiger partial charge in [0.15, 0.2) is 11.5 Å². The Balaban J connectivity index is 1.57. The number of amides is 2. The van der Waals surface area contributed by atoms with Crippen LogP contribution >= 0.6 is 0 Å². The average molecular weight is 403 g/mol. The maximum Gasteiger partial charge on any atom is 0.278 e. The van der Waals surface area contributed by atoms with E-state index in [1.54, 1.807) is 42.3 Å². The lowest BCUT2D eigenvalue weighted by Crippen LogP contribution is -2.54. The Hall–Kier alpha value is -3.78. The number of aromatic nitrogens is 2. The fourth-order valence-corrected chi connectivity index (χ4v) is 3.16. The fourth-order valence-electron chi connectivity index (χ4n) is 3.16. The monoisotopic (exact) mass is 403 g/mol. The van der Waals surface area contributed by atoms with E-state index in [4.69, 9.17) is 10.5 Å².